The third-order valence-corrected chi connectivity index (χ3v) is 5.87. The summed E-state index contributed by atoms with van der Waals surface area (Å²) < 4.78 is 30.7. The number of nitrogens with zero attached hydrogens (tertiary/aromatic N) is 2. The van der Waals surface area contributed by atoms with Gasteiger partial charge in [-0.15, -0.1) is 0 Å². The van der Waals surface area contributed by atoms with E-state index in [1.54, 1.807) is 12.1 Å². The van der Waals surface area contributed by atoms with E-state index in [2.05, 4.69) is 10.3 Å². The Bertz CT molecular complexity index is 631. The van der Waals surface area contributed by atoms with E-state index >= 15 is 0 Å². The summed E-state index contributed by atoms with van der Waals surface area (Å²) in [6, 6.07) is 3.37. The van der Waals surface area contributed by atoms with Gasteiger partial charge in [-0.1, -0.05) is 6.92 Å². The maximum atomic E-state index is 12.4. The normalized spacial score (nSPS) is 19.3. The molecule has 0 bridgehead atoms. The predicted octanol–water partition coefficient (Wildman–Crippen LogP) is 1.48. The quantitative estimate of drug-likeness (QED) is 0.847. The van der Waals surface area contributed by atoms with Crippen molar-refractivity contribution in [1.82, 2.24) is 9.29 Å². The van der Waals surface area contributed by atoms with Gasteiger partial charge in [0, 0.05) is 19.2 Å². The summed E-state index contributed by atoms with van der Waals surface area (Å²) in [6.45, 7) is 2.58. The average molecular weight is 341 g/mol. The molecule has 0 aromatic carbocycles. The molecule has 1 fully saturated rings. The maximum absolute atomic E-state index is 12.4. The first kappa shape index (κ1) is 17.7. The number of carbonyl (C=O) groups excluding carboxylic acids is 1. The lowest BCUT2D eigenvalue weighted by Gasteiger charge is -2.31. The molecule has 0 aliphatic carbocycles. The Morgan fingerprint density at radius 1 is 1.48 bits per heavy atom. The summed E-state index contributed by atoms with van der Waals surface area (Å²) in [5.41, 5.74) is 0.573. The number of piperidine rings is 1. The first-order valence-corrected chi connectivity index (χ1v) is 9.36. The zero-order chi connectivity index (χ0) is 16.9. The van der Waals surface area contributed by atoms with Gasteiger partial charge in [-0.05, 0) is 25.3 Å². The number of carbonyl (C=O) groups is 1. The number of anilines is 1. The van der Waals surface area contributed by atoms with E-state index in [-0.39, 0.29) is 24.1 Å². The predicted molar refractivity (Wildman–Crippen MR) is 87.8 cm³/mol. The van der Waals surface area contributed by atoms with Gasteiger partial charge < -0.3 is 10.1 Å². The molecule has 2 heterocycles. The molecule has 1 N–H and O–H groups in total. The third-order valence-electron chi connectivity index (χ3n) is 3.82. The number of ether oxygens (including phenoxy) is 1. The molecule has 2 rings (SSSR count). The van der Waals surface area contributed by atoms with Gasteiger partial charge in [0.1, 0.15) is 0 Å². The fourth-order valence-electron chi connectivity index (χ4n) is 2.62. The average Bonchev–Trinajstić information content (AvgIpc) is 2.55. The second kappa shape index (κ2) is 7.74. The molecular formula is C15H23N3O4S. The van der Waals surface area contributed by atoms with Crippen LogP contribution in [0.5, 0.6) is 5.88 Å². The van der Waals surface area contributed by atoms with Crippen LogP contribution < -0.4 is 10.1 Å². The van der Waals surface area contributed by atoms with E-state index < -0.39 is 10.0 Å². The molecule has 0 radical (unpaired) electrons. The molecule has 23 heavy (non-hydrogen) atoms. The zero-order valence-corrected chi connectivity index (χ0v) is 14.3. The number of amides is 1. The molecule has 0 saturated carbocycles. The summed E-state index contributed by atoms with van der Waals surface area (Å²) in [6.07, 6.45) is 3.48. The minimum Gasteiger partial charge on any atom is -0.481 e. The summed E-state index contributed by atoms with van der Waals surface area (Å²) >= 11 is 0. The highest BCUT2D eigenvalue weighted by Crippen LogP contribution is 2.22. The van der Waals surface area contributed by atoms with E-state index in [0.29, 0.717) is 37.4 Å². The van der Waals surface area contributed by atoms with Crippen molar-refractivity contribution < 1.29 is 17.9 Å². The minimum atomic E-state index is -3.26. The van der Waals surface area contributed by atoms with Crippen LogP contribution in [0.2, 0.25) is 0 Å². The van der Waals surface area contributed by atoms with Gasteiger partial charge >= 0.3 is 0 Å². The zero-order valence-electron chi connectivity index (χ0n) is 13.5. The van der Waals surface area contributed by atoms with Crippen molar-refractivity contribution in [3.63, 3.8) is 0 Å². The van der Waals surface area contributed by atoms with Gasteiger partial charge in [0.25, 0.3) is 0 Å². The molecule has 1 amide bonds. The molecule has 0 spiro atoms. The fraction of sp³-hybridized carbons (Fsp3) is 0.600. The fourth-order valence-corrected chi connectivity index (χ4v) is 4.20. The smallest absolute Gasteiger partial charge is 0.228 e. The van der Waals surface area contributed by atoms with Crippen molar-refractivity contribution in [2.75, 3.05) is 31.3 Å². The summed E-state index contributed by atoms with van der Waals surface area (Å²) in [7, 11) is -1.74. The van der Waals surface area contributed by atoms with Crippen molar-refractivity contribution in [2.24, 2.45) is 5.92 Å². The van der Waals surface area contributed by atoms with Crippen LogP contribution in [0.4, 0.5) is 5.69 Å². The van der Waals surface area contributed by atoms with Crippen LogP contribution in [0.1, 0.15) is 26.2 Å². The number of hydrogen-bond acceptors (Lipinski definition) is 5. The Balaban J connectivity index is 1.98. The molecule has 0 unspecified atom stereocenters. The van der Waals surface area contributed by atoms with Crippen molar-refractivity contribution in [2.45, 2.75) is 26.2 Å². The summed E-state index contributed by atoms with van der Waals surface area (Å²) in [5, 5.41) is 2.79. The van der Waals surface area contributed by atoms with E-state index in [4.69, 9.17) is 4.74 Å². The highest BCUT2D eigenvalue weighted by atomic mass is 32.2. The largest absolute Gasteiger partial charge is 0.481 e. The molecule has 128 valence electrons. The topological polar surface area (TPSA) is 88.6 Å². The summed E-state index contributed by atoms with van der Waals surface area (Å²) in [5.74, 6) is 0.0901. The number of pyridine rings is 1. The van der Waals surface area contributed by atoms with Crippen LogP contribution in [-0.4, -0.2) is 49.6 Å². The molecule has 1 aliphatic rings. The van der Waals surface area contributed by atoms with Gasteiger partial charge in [-0.2, -0.15) is 0 Å². The van der Waals surface area contributed by atoms with Crippen LogP contribution in [0.3, 0.4) is 0 Å². The Labute approximate surface area is 137 Å². The van der Waals surface area contributed by atoms with Gasteiger partial charge in [0.15, 0.2) is 0 Å². The lowest BCUT2D eigenvalue weighted by molar-refractivity contribution is -0.120. The number of hydrogen-bond donors (Lipinski definition) is 1. The number of nitrogens with one attached hydrogen (secondary N) is 1. The standard InChI is InChI=1S/C15H23N3O4S/c1-3-9-23(20,21)18-8-4-5-12(11-18)15(19)17-13-6-7-14(22-2)16-10-13/h6-7,10,12H,3-5,8-9,11H2,1-2H3,(H,17,19)/t12-/m0/s1. The van der Waals surface area contributed by atoms with Crippen molar-refractivity contribution >= 4 is 21.6 Å². The highest BCUT2D eigenvalue weighted by Gasteiger charge is 2.31. The van der Waals surface area contributed by atoms with Gasteiger partial charge in [0.05, 0.1) is 30.7 Å². The summed E-state index contributed by atoms with van der Waals surface area (Å²) in [4.78, 5) is 16.4. The van der Waals surface area contributed by atoms with Crippen LogP contribution in [0.15, 0.2) is 18.3 Å². The monoisotopic (exact) mass is 341 g/mol. The second-order valence-electron chi connectivity index (χ2n) is 5.59. The number of methoxy groups -OCH3 is 1. The molecule has 1 aromatic heterocycles. The van der Waals surface area contributed by atoms with E-state index in [1.165, 1.54) is 17.6 Å². The Morgan fingerprint density at radius 2 is 2.26 bits per heavy atom. The first-order chi connectivity index (χ1) is 11.0. The number of sulfonamides is 1. The lowest BCUT2D eigenvalue weighted by atomic mass is 9.99. The second-order valence-corrected chi connectivity index (χ2v) is 7.68. The van der Waals surface area contributed by atoms with Crippen molar-refractivity contribution in [1.29, 1.82) is 0 Å². The van der Waals surface area contributed by atoms with E-state index in [9.17, 15) is 13.2 Å². The Kier molecular flexibility index (Phi) is 5.95. The lowest BCUT2D eigenvalue weighted by Crippen LogP contribution is -2.44. The van der Waals surface area contributed by atoms with Crippen LogP contribution in [0.25, 0.3) is 0 Å². The van der Waals surface area contributed by atoms with Crippen LogP contribution in [0, 0.1) is 5.92 Å². The molecule has 7 nitrogen and oxygen atoms in total. The first-order valence-electron chi connectivity index (χ1n) is 7.75. The Hall–Kier alpha value is -1.67. The number of rotatable bonds is 6. The molecule has 1 saturated heterocycles. The molecule has 1 aromatic rings. The minimum absolute atomic E-state index is 0.129. The van der Waals surface area contributed by atoms with Crippen LogP contribution in [-0.2, 0) is 14.8 Å². The van der Waals surface area contributed by atoms with E-state index in [0.717, 1.165) is 0 Å². The van der Waals surface area contributed by atoms with E-state index in [1.807, 2.05) is 6.92 Å². The maximum Gasteiger partial charge on any atom is 0.228 e. The molecule has 1 atom stereocenters. The van der Waals surface area contributed by atoms with Crippen molar-refractivity contribution in [3.8, 4) is 5.88 Å². The molecular weight excluding hydrogens is 318 g/mol. The molecule has 8 heteroatoms. The highest BCUT2D eigenvalue weighted by molar-refractivity contribution is 7.89. The van der Waals surface area contributed by atoms with Crippen LogP contribution >= 0.6 is 0 Å². The third kappa shape index (κ3) is 4.65. The SMILES string of the molecule is CCCS(=O)(=O)N1CCC[C@H](C(=O)Nc2ccc(OC)nc2)C1. The molecule has 1 aliphatic heterocycles. The number of aromatic nitrogens is 1. The Morgan fingerprint density at radius 3 is 2.87 bits per heavy atom. The van der Waals surface area contributed by atoms with Gasteiger partial charge in [-0.25, -0.2) is 17.7 Å². The van der Waals surface area contributed by atoms with Gasteiger partial charge in [0.2, 0.25) is 21.8 Å². The van der Waals surface area contributed by atoms with Gasteiger partial charge in [-0.3, -0.25) is 4.79 Å². The van der Waals surface area contributed by atoms with Crippen molar-refractivity contribution in [3.05, 3.63) is 18.3 Å².